The Hall–Kier alpha value is -0.810. The SMILES string of the molecule is O=C(NC1CC1)N1CCC(O)(CO)C1. The molecule has 1 unspecified atom stereocenters. The molecule has 0 aromatic carbocycles. The van der Waals surface area contributed by atoms with Crippen molar-refractivity contribution in [2.75, 3.05) is 19.7 Å². The van der Waals surface area contributed by atoms with Gasteiger partial charge in [-0.15, -0.1) is 0 Å². The minimum Gasteiger partial charge on any atom is -0.393 e. The zero-order chi connectivity index (χ0) is 10.2. The van der Waals surface area contributed by atoms with Crippen molar-refractivity contribution in [3.63, 3.8) is 0 Å². The van der Waals surface area contributed by atoms with Crippen molar-refractivity contribution in [2.24, 2.45) is 0 Å². The lowest BCUT2D eigenvalue weighted by Gasteiger charge is -2.21. The summed E-state index contributed by atoms with van der Waals surface area (Å²) < 4.78 is 0. The third-order valence-electron chi connectivity index (χ3n) is 2.82. The number of rotatable bonds is 2. The molecule has 5 nitrogen and oxygen atoms in total. The molecule has 2 aliphatic rings. The molecule has 0 aromatic heterocycles. The van der Waals surface area contributed by atoms with E-state index in [2.05, 4.69) is 5.32 Å². The summed E-state index contributed by atoms with van der Waals surface area (Å²) in [5, 5.41) is 21.5. The van der Waals surface area contributed by atoms with E-state index in [-0.39, 0.29) is 19.2 Å². The van der Waals surface area contributed by atoms with Crippen LogP contribution in [0.4, 0.5) is 4.79 Å². The van der Waals surface area contributed by atoms with Crippen molar-refractivity contribution in [3.05, 3.63) is 0 Å². The number of β-amino-alcohol motifs (C(OH)–C–C–N with tert-alkyl or cyclic N) is 1. The van der Waals surface area contributed by atoms with Crippen LogP contribution in [0.2, 0.25) is 0 Å². The van der Waals surface area contributed by atoms with Crippen LogP contribution in [0.1, 0.15) is 19.3 Å². The number of hydrogen-bond acceptors (Lipinski definition) is 3. The summed E-state index contributed by atoms with van der Waals surface area (Å²) in [6, 6.07) is 0.224. The molecule has 2 amide bonds. The van der Waals surface area contributed by atoms with E-state index in [1.807, 2.05) is 0 Å². The first-order valence-electron chi connectivity index (χ1n) is 5.02. The van der Waals surface area contributed by atoms with Crippen LogP contribution in [0.5, 0.6) is 0 Å². The maximum absolute atomic E-state index is 11.5. The number of urea groups is 1. The molecule has 0 aromatic rings. The van der Waals surface area contributed by atoms with E-state index in [1.165, 1.54) is 0 Å². The number of carbonyl (C=O) groups is 1. The largest absolute Gasteiger partial charge is 0.393 e. The van der Waals surface area contributed by atoms with E-state index in [4.69, 9.17) is 5.11 Å². The van der Waals surface area contributed by atoms with Crippen molar-refractivity contribution in [1.29, 1.82) is 0 Å². The zero-order valence-corrected chi connectivity index (χ0v) is 8.07. The average molecular weight is 200 g/mol. The first-order valence-corrected chi connectivity index (χ1v) is 5.02. The number of hydrogen-bond donors (Lipinski definition) is 3. The van der Waals surface area contributed by atoms with Crippen LogP contribution in [0.3, 0.4) is 0 Å². The maximum Gasteiger partial charge on any atom is 0.317 e. The number of amides is 2. The predicted octanol–water partition coefficient (Wildman–Crippen LogP) is -0.713. The fourth-order valence-corrected chi connectivity index (χ4v) is 1.65. The Morgan fingerprint density at radius 3 is 2.79 bits per heavy atom. The third-order valence-corrected chi connectivity index (χ3v) is 2.82. The topological polar surface area (TPSA) is 72.8 Å². The minimum absolute atomic E-state index is 0.114. The Balaban J connectivity index is 1.84. The molecule has 3 N–H and O–H groups in total. The molecule has 80 valence electrons. The van der Waals surface area contributed by atoms with E-state index >= 15 is 0 Å². The lowest BCUT2D eigenvalue weighted by Crippen LogP contribution is -2.43. The summed E-state index contributed by atoms with van der Waals surface area (Å²) in [7, 11) is 0. The van der Waals surface area contributed by atoms with E-state index in [9.17, 15) is 9.90 Å². The van der Waals surface area contributed by atoms with Crippen molar-refractivity contribution in [2.45, 2.75) is 30.9 Å². The summed E-state index contributed by atoms with van der Waals surface area (Å²) in [5.41, 5.74) is -1.08. The lowest BCUT2D eigenvalue weighted by molar-refractivity contribution is -0.00280. The normalized spacial score (nSPS) is 32.0. The standard InChI is InChI=1S/C9H16N2O3/c12-6-9(14)3-4-11(5-9)8(13)10-7-1-2-7/h7,12,14H,1-6H2,(H,10,13). The van der Waals surface area contributed by atoms with E-state index in [1.54, 1.807) is 4.90 Å². The molecule has 1 saturated heterocycles. The van der Waals surface area contributed by atoms with Crippen LogP contribution in [0.25, 0.3) is 0 Å². The van der Waals surface area contributed by atoms with Gasteiger partial charge in [-0.2, -0.15) is 0 Å². The lowest BCUT2D eigenvalue weighted by atomic mass is 10.1. The Kier molecular flexibility index (Phi) is 2.36. The van der Waals surface area contributed by atoms with E-state index in [0.717, 1.165) is 12.8 Å². The van der Waals surface area contributed by atoms with Gasteiger partial charge >= 0.3 is 6.03 Å². The molecule has 2 fully saturated rings. The molecule has 5 heteroatoms. The highest BCUT2D eigenvalue weighted by atomic mass is 16.3. The van der Waals surface area contributed by atoms with Crippen LogP contribution in [0, 0.1) is 0 Å². The number of nitrogens with zero attached hydrogens (tertiary/aromatic N) is 1. The monoisotopic (exact) mass is 200 g/mol. The highest BCUT2D eigenvalue weighted by Crippen LogP contribution is 2.23. The predicted molar refractivity (Wildman–Crippen MR) is 49.8 cm³/mol. The molecule has 1 heterocycles. The summed E-state index contributed by atoms with van der Waals surface area (Å²) in [6.45, 7) is 0.484. The van der Waals surface area contributed by atoms with Crippen molar-refractivity contribution in [1.82, 2.24) is 10.2 Å². The molecule has 1 saturated carbocycles. The Labute approximate surface area is 82.7 Å². The summed E-state index contributed by atoms with van der Waals surface area (Å²) in [6.07, 6.45) is 2.58. The van der Waals surface area contributed by atoms with Gasteiger partial charge in [0.05, 0.1) is 13.2 Å². The molecule has 0 bridgehead atoms. The molecule has 1 aliphatic heterocycles. The Bertz CT molecular complexity index is 242. The Morgan fingerprint density at radius 2 is 2.29 bits per heavy atom. The fraction of sp³-hybridized carbons (Fsp3) is 0.889. The van der Waals surface area contributed by atoms with Gasteiger partial charge in [0.15, 0.2) is 0 Å². The molecular weight excluding hydrogens is 184 g/mol. The number of aliphatic hydroxyl groups excluding tert-OH is 1. The van der Waals surface area contributed by atoms with Gasteiger partial charge in [0.25, 0.3) is 0 Å². The molecule has 14 heavy (non-hydrogen) atoms. The van der Waals surface area contributed by atoms with Gasteiger partial charge in [-0.05, 0) is 19.3 Å². The molecular formula is C9H16N2O3. The summed E-state index contributed by atoms with van der Waals surface area (Å²) in [4.78, 5) is 13.1. The van der Waals surface area contributed by atoms with Crippen molar-refractivity contribution in [3.8, 4) is 0 Å². The van der Waals surface area contributed by atoms with Crippen molar-refractivity contribution >= 4 is 6.03 Å². The number of carbonyl (C=O) groups excluding carboxylic acids is 1. The van der Waals surface area contributed by atoms with Gasteiger partial charge in [0.2, 0.25) is 0 Å². The van der Waals surface area contributed by atoms with Gasteiger partial charge in [-0.25, -0.2) is 4.79 Å². The number of aliphatic hydroxyl groups is 2. The van der Waals surface area contributed by atoms with E-state index < -0.39 is 5.60 Å². The fourth-order valence-electron chi connectivity index (χ4n) is 1.65. The zero-order valence-electron chi connectivity index (χ0n) is 8.07. The minimum atomic E-state index is -1.08. The second-order valence-corrected chi connectivity index (χ2v) is 4.28. The van der Waals surface area contributed by atoms with Crippen molar-refractivity contribution < 1.29 is 15.0 Å². The third kappa shape index (κ3) is 1.99. The Morgan fingerprint density at radius 1 is 1.57 bits per heavy atom. The molecule has 1 atom stereocenters. The number of nitrogens with one attached hydrogen (secondary N) is 1. The quantitative estimate of drug-likeness (QED) is 0.551. The first kappa shape index (κ1) is 9.73. The second kappa shape index (κ2) is 3.40. The van der Waals surface area contributed by atoms with Crippen LogP contribution >= 0.6 is 0 Å². The highest BCUT2D eigenvalue weighted by molar-refractivity contribution is 5.75. The van der Waals surface area contributed by atoms with E-state index in [0.29, 0.717) is 19.0 Å². The highest BCUT2D eigenvalue weighted by Gasteiger charge is 2.38. The van der Waals surface area contributed by atoms with Crippen LogP contribution in [-0.4, -0.2) is 52.5 Å². The molecule has 1 aliphatic carbocycles. The van der Waals surface area contributed by atoms with Gasteiger partial charge < -0.3 is 20.4 Å². The van der Waals surface area contributed by atoms with Crippen LogP contribution in [0.15, 0.2) is 0 Å². The molecule has 0 spiro atoms. The van der Waals surface area contributed by atoms with Gasteiger partial charge in [0, 0.05) is 12.6 Å². The van der Waals surface area contributed by atoms with Crippen LogP contribution < -0.4 is 5.32 Å². The second-order valence-electron chi connectivity index (χ2n) is 4.28. The van der Waals surface area contributed by atoms with Crippen LogP contribution in [-0.2, 0) is 0 Å². The summed E-state index contributed by atoms with van der Waals surface area (Å²) >= 11 is 0. The summed E-state index contributed by atoms with van der Waals surface area (Å²) in [5.74, 6) is 0. The maximum atomic E-state index is 11.5. The van der Waals surface area contributed by atoms with Gasteiger partial charge in [-0.1, -0.05) is 0 Å². The average Bonchev–Trinajstić information content (AvgIpc) is 2.88. The molecule has 2 rings (SSSR count). The van der Waals surface area contributed by atoms with Gasteiger partial charge in [-0.3, -0.25) is 0 Å². The number of likely N-dealkylation sites (tertiary alicyclic amines) is 1. The smallest absolute Gasteiger partial charge is 0.317 e. The molecule has 0 radical (unpaired) electrons. The first-order chi connectivity index (χ1) is 6.63. The van der Waals surface area contributed by atoms with Gasteiger partial charge in [0.1, 0.15) is 5.60 Å².